The van der Waals surface area contributed by atoms with E-state index in [-0.39, 0.29) is 5.78 Å². The molecule has 0 aromatic heterocycles. The zero-order chi connectivity index (χ0) is 19.9. The summed E-state index contributed by atoms with van der Waals surface area (Å²) in [6.07, 6.45) is 3.35. The van der Waals surface area contributed by atoms with E-state index < -0.39 is 5.97 Å². The Bertz CT molecular complexity index is 967. The first-order chi connectivity index (χ1) is 13.5. The Balaban J connectivity index is 1.62. The van der Waals surface area contributed by atoms with Crippen molar-refractivity contribution in [3.63, 3.8) is 0 Å². The maximum absolute atomic E-state index is 12.4. The average molecular weight is 370 g/mol. The second-order valence-corrected chi connectivity index (χ2v) is 6.80. The molecule has 0 radical (unpaired) electrons. The van der Waals surface area contributed by atoms with Gasteiger partial charge in [0.1, 0.15) is 5.75 Å². The van der Waals surface area contributed by atoms with Gasteiger partial charge in [-0.25, -0.2) is 4.79 Å². The van der Waals surface area contributed by atoms with Crippen molar-refractivity contribution in [3.05, 3.63) is 107 Å². The number of hydrogen-bond donors (Lipinski definition) is 0. The quantitative estimate of drug-likeness (QED) is 0.234. The van der Waals surface area contributed by atoms with Gasteiger partial charge in [0.2, 0.25) is 0 Å². The molecule has 3 heteroatoms. The zero-order valence-corrected chi connectivity index (χ0v) is 16.0. The Morgan fingerprint density at radius 3 is 2.04 bits per heavy atom. The van der Waals surface area contributed by atoms with E-state index in [1.165, 1.54) is 5.56 Å². The average Bonchev–Trinajstić information content (AvgIpc) is 2.73. The van der Waals surface area contributed by atoms with E-state index in [1.807, 2.05) is 18.2 Å². The Labute approximate surface area is 165 Å². The van der Waals surface area contributed by atoms with Gasteiger partial charge in [-0.15, -0.1) is 0 Å². The molecule has 3 aromatic rings. The van der Waals surface area contributed by atoms with Crippen LogP contribution in [0.2, 0.25) is 0 Å². The molecule has 3 aromatic carbocycles. The molecule has 0 aliphatic heterocycles. The first-order valence-corrected chi connectivity index (χ1v) is 9.22. The summed E-state index contributed by atoms with van der Waals surface area (Å²) in [4.78, 5) is 24.4. The van der Waals surface area contributed by atoms with Crippen molar-refractivity contribution < 1.29 is 14.3 Å². The van der Waals surface area contributed by atoms with Crippen LogP contribution in [0.4, 0.5) is 0 Å². The van der Waals surface area contributed by atoms with Crippen molar-refractivity contribution in [2.24, 2.45) is 0 Å². The molecule has 3 rings (SSSR count). The Morgan fingerprint density at radius 2 is 1.43 bits per heavy atom. The topological polar surface area (TPSA) is 43.4 Å². The van der Waals surface area contributed by atoms with Crippen molar-refractivity contribution in [1.29, 1.82) is 0 Å². The van der Waals surface area contributed by atoms with Crippen LogP contribution in [0.25, 0.3) is 6.08 Å². The van der Waals surface area contributed by atoms with E-state index in [2.05, 4.69) is 26.0 Å². The number of ketones is 1. The standard InChI is InChI=1S/C25H22O3/c1-18(2)20-11-8-19(9-12-20)10-17-24(26)21-13-15-23(16-14-21)28-25(27)22-6-4-3-5-7-22/h3-18H,1-2H3. The lowest BCUT2D eigenvalue weighted by atomic mass is 10.0. The molecule has 0 heterocycles. The molecule has 0 saturated heterocycles. The summed E-state index contributed by atoms with van der Waals surface area (Å²) < 4.78 is 5.33. The van der Waals surface area contributed by atoms with Gasteiger partial charge >= 0.3 is 5.97 Å². The van der Waals surface area contributed by atoms with Crippen LogP contribution in [0.3, 0.4) is 0 Å². The van der Waals surface area contributed by atoms with E-state index in [0.29, 0.717) is 22.8 Å². The number of rotatable bonds is 6. The maximum Gasteiger partial charge on any atom is 0.343 e. The minimum atomic E-state index is -0.426. The Hall–Kier alpha value is -3.46. The van der Waals surface area contributed by atoms with Gasteiger partial charge in [0.05, 0.1) is 5.56 Å². The number of benzene rings is 3. The molecule has 0 unspecified atom stereocenters. The minimum absolute atomic E-state index is 0.103. The monoisotopic (exact) mass is 370 g/mol. The molecule has 0 atom stereocenters. The summed E-state index contributed by atoms with van der Waals surface area (Å²) in [7, 11) is 0. The van der Waals surface area contributed by atoms with Crippen LogP contribution in [-0.4, -0.2) is 11.8 Å². The predicted molar refractivity (Wildman–Crippen MR) is 112 cm³/mol. The number of hydrogen-bond acceptors (Lipinski definition) is 3. The van der Waals surface area contributed by atoms with Crippen molar-refractivity contribution in [3.8, 4) is 5.75 Å². The van der Waals surface area contributed by atoms with Gasteiger partial charge < -0.3 is 4.74 Å². The molecule has 0 spiro atoms. The fourth-order valence-corrected chi connectivity index (χ4v) is 2.69. The van der Waals surface area contributed by atoms with Gasteiger partial charge in [0.25, 0.3) is 0 Å². The lowest BCUT2D eigenvalue weighted by Crippen LogP contribution is -2.08. The second kappa shape index (κ2) is 8.96. The summed E-state index contributed by atoms with van der Waals surface area (Å²) in [5, 5.41) is 0. The number of ether oxygens (including phenoxy) is 1. The highest BCUT2D eigenvalue weighted by atomic mass is 16.5. The van der Waals surface area contributed by atoms with Gasteiger partial charge in [-0.3, -0.25) is 4.79 Å². The highest BCUT2D eigenvalue weighted by Gasteiger charge is 2.08. The van der Waals surface area contributed by atoms with E-state index in [9.17, 15) is 9.59 Å². The van der Waals surface area contributed by atoms with E-state index >= 15 is 0 Å². The summed E-state index contributed by atoms with van der Waals surface area (Å²) in [5.41, 5.74) is 3.26. The van der Waals surface area contributed by atoms with Crippen LogP contribution in [0.1, 0.15) is 51.6 Å². The normalized spacial score (nSPS) is 11.0. The molecule has 3 nitrogen and oxygen atoms in total. The van der Waals surface area contributed by atoms with Crippen molar-refractivity contribution in [2.45, 2.75) is 19.8 Å². The van der Waals surface area contributed by atoms with E-state index in [4.69, 9.17) is 4.74 Å². The first kappa shape index (κ1) is 19.3. The molecule has 0 fully saturated rings. The fraction of sp³-hybridized carbons (Fsp3) is 0.120. The molecule has 0 aliphatic carbocycles. The smallest absolute Gasteiger partial charge is 0.343 e. The maximum atomic E-state index is 12.4. The summed E-state index contributed by atoms with van der Waals surface area (Å²) in [6, 6.07) is 23.5. The van der Waals surface area contributed by atoms with Gasteiger partial charge in [0.15, 0.2) is 5.78 Å². The third-order valence-corrected chi connectivity index (χ3v) is 4.39. The Morgan fingerprint density at radius 1 is 0.786 bits per heavy atom. The highest BCUT2D eigenvalue weighted by Crippen LogP contribution is 2.17. The summed E-state index contributed by atoms with van der Waals surface area (Å²) in [5.74, 6) is 0.353. The van der Waals surface area contributed by atoms with Crippen molar-refractivity contribution >= 4 is 17.8 Å². The van der Waals surface area contributed by atoms with Crippen LogP contribution >= 0.6 is 0 Å². The van der Waals surface area contributed by atoms with E-state index in [0.717, 1.165) is 5.56 Å². The van der Waals surface area contributed by atoms with Crippen LogP contribution in [-0.2, 0) is 0 Å². The van der Waals surface area contributed by atoms with Crippen LogP contribution in [0, 0.1) is 0 Å². The molecule has 0 N–H and O–H groups in total. The predicted octanol–water partition coefficient (Wildman–Crippen LogP) is 5.93. The number of esters is 1. The molecular formula is C25H22O3. The van der Waals surface area contributed by atoms with Gasteiger partial charge in [-0.2, -0.15) is 0 Å². The highest BCUT2D eigenvalue weighted by molar-refractivity contribution is 6.06. The Kier molecular flexibility index (Phi) is 6.18. The third-order valence-electron chi connectivity index (χ3n) is 4.39. The first-order valence-electron chi connectivity index (χ1n) is 9.22. The number of carbonyl (C=O) groups is 2. The largest absolute Gasteiger partial charge is 0.423 e. The van der Waals surface area contributed by atoms with Crippen molar-refractivity contribution in [2.75, 3.05) is 0 Å². The van der Waals surface area contributed by atoms with Crippen molar-refractivity contribution in [1.82, 2.24) is 0 Å². The van der Waals surface area contributed by atoms with Crippen LogP contribution in [0.15, 0.2) is 84.9 Å². The second-order valence-electron chi connectivity index (χ2n) is 6.80. The molecule has 28 heavy (non-hydrogen) atoms. The van der Waals surface area contributed by atoms with Crippen LogP contribution < -0.4 is 4.74 Å². The molecular weight excluding hydrogens is 348 g/mol. The lowest BCUT2D eigenvalue weighted by Gasteiger charge is -2.05. The zero-order valence-electron chi connectivity index (χ0n) is 16.0. The van der Waals surface area contributed by atoms with E-state index in [1.54, 1.807) is 60.7 Å². The fourth-order valence-electron chi connectivity index (χ4n) is 2.69. The molecule has 0 amide bonds. The molecule has 0 aliphatic rings. The van der Waals surface area contributed by atoms with Gasteiger partial charge in [-0.1, -0.05) is 62.4 Å². The summed E-state index contributed by atoms with van der Waals surface area (Å²) >= 11 is 0. The SMILES string of the molecule is CC(C)c1ccc(C=CC(=O)c2ccc(OC(=O)c3ccccc3)cc2)cc1. The number of allylic oxidation sites excluding steroid dienone is 1. The number of carbonyl (C=O) groups excluding carboxylic acids is 2. The van der Waals surface area contributed by atoms with Gasteiger partial charge in [0, 0.05) is 5.56 Å². The third kappa shape index (κ3) is 5.04. The molecule has 140 valence electrons. The summed E-state index contributed by atoms with van der Waals surface area (Å²) in [6.45, 7) is 4.30. The molecule has 0 saturated carbocycles. The van der Waals surface area contributed by atoms with Gasteiger partial charge in [-0.05, 0) is 59.5 Å². The van der Waals surface area contributed by atoms with Crippen LogP contribution in [0.5, 0.6) is 5.75 Å². The lowest BCUT2D eigenvalue weighted by molar-refractivity contribution is 0.0734. The molecule has 0 bridgehead atoms. The minimum Gasteiger partial charge on any atom is -0.423 e.